The summed E-state index contributed by atoms with van der Waals surface area (Å²) in [7, 11) is 0. The summed E-state index contributed by atoms with van der Waals surface area (Å²) in [6.07, 6.45) is 2.50. The van der Waals surface area contributed by atoms with Crippen molar-refractivity contribution in [2.75, 3.05) is 31.1 Å². The standard InChI is InChI=1S/C17H30N2/c1-5-7-13-19(16-11-9-8-10-12-16)15-17(3,4)14-18-6-2/h8-12,18H,5-7,13-15H2,1-4H3. The van der Waals surface area contributed by atoms with Gasteiger partial charge in [0, 0.05) is 25.3 Å². The summed E-state index contributed by atoms with van der Waals surface area (Å²) in [5, 5.41) is 3.47. The molecule has 0 atom stereocenters. The Morgan fingerprint density at radius 3 is 2.37 bits per heavy atom. The van der Waals surface area contributed by atoms with Crippen LogP contribution in [0.1, 0.15) is 40.5 Å². The number of para-hydroxylation sites is 1. The van der Waals surface area contributed by atoms with Crippen molar-refractivity contribution in [2.24, 2.45) is 5.41 Å². The van der Waals surface area contributed by atoms with Crippen molar-refractivity contribution < 1.29 is 0 Å². The average Bonchev–Trinajstić information content (AvgIpc) is 2.42. The highest BCUT2D eigenvalue weighted by atomic mass is 15.1. The quantitative estimate of drug-likeness (QED) is 0.725. The number of nitrogens with zero attached hydrogens (tertiary/aromatic N) is 1. The third-order valence-electron chi connectivity index (χ3n) is 3.38. The lowest BCUT2D eigenvalue weighted by Gasteiger charge is -2.34. The fourth-order valence-corrected chi connectivity index (χ4v) is 2.32. The largest absolute Gasteiger partial charge is 0.371 e. The van der Waals surface area contributed by atoms with Crippen LogP contribution in [0.25, 0.3) is 0 Å². The minimum Gasteiger partial charge on any atom is -0.371 e. The number of anilines is 1. The smallest absolute Gasteiger partial charge is 0.0366 e. The molecule has 0 amide bonds. The fraction of sp³-hybridized carbons (Fsp3) is 0.647. The molecule has 1 aromatic rings. The first-order valence-electron chi connectivity index (χ1n) is 7.60. The Balaban J connectivity index is 2.69. The molecule has 1 aromatic carbocycles. The summed E-state index contributed by atoms with van der Waals surface area (Å²) in [5.41, 5.74) is 1.64. The molecule has 0 aliphatic carbocycles. The average molecular weight is 262 g/mol. The summed E-state index contributed by atoms with van der Waals surface area (Å²) in [6, 6.07) is 10.8. The predicted octanol–water partition coefficient (Wildman–Crippen LogP) is 3.93. The van der Waals surface area contributed by atoms with Crippen molar-refractivity contribution >= 4 is 5.69 Å². The molecule has 0 aromatic heterocycles. The molecule has 0 aliphatic heterocycles. The van der Waals surface area contributed by atoms with Crippen LogP contribution in [-0.4, -0.2) is 26.2 Å². The number of rotatable bonds is 9. The van der Waals surface area contributed by atoms with Crippen LogP contribution in [0.15, 0.2) is 30.3 Å². The zero-order chi connectivity index (χ0) is 14.1. The highest BCUT2D eigenvalue weighted by Gasteiger charge is 2.21. The molecule has 1 rings (SSSR count). The van der Waals surface area contributed by atoms with Crippen molar-refractivity contribution in [1.82, 2.24) is 5.32 Å². The Labute approximate surface area is 119 Å². The van der Waals surface area contributed by atoms with Gasteiger partial charge >= 0.3 is 0 Å². The molecule has 2 heteroatoms. The van der Waals surface area contributed by atoms with E-state index in [1.165, 1.54) is 18.5 Å². The molecule has 0 spiro atoms. The van der Waals surface area contributed by atoms with E-state index < -0.39 is 0 Å². The molecule has 0 radical (unpaired) electrons. The Morgan fingerprint density at radius 1 is 1.11 bits per heavy atom. The minimum atomic E-state index is 0.291. The van der Waals surface area contributed by atoms with E-state index in [-0.39, 0.29) is 0 Å². The van der Waals surface area contributed by atoms with Gasteiger partial charge in [0.15, 0.2) is 0 Å². The number of unbranched alkanes of at least 4 members (excludes halogenated alkanes) is 1. The summed E-state index contributed by atoms with van der Waals surface area (Å²) < 4.78 is 0. The highest BCUT2D eigenvalue weighted by Crippen LogP contribution is 2.22. The van der Waals surface area contributed by atoms with Gasteiger partial charge in [-0.15, -0.1) is 0 Å². The maximum Gasteiger partial charge on any atom is 0.0366 e. The topological polar surface area (TPSA) is 15.3 Å². The first-order chi connectivity index (χ1) is 9.09. The molecular formula is C17H30N2. The third-order valence-corrected chi connectivity index (χ3v) is 3.38. The lowest BCUT2D eigenvalue weighted by molar-refractivity contribution is 0.344. The Hall–Kier alpha value is -1.02. The van der Waals surface area contributed by atoms with Gasteiger partial charge in [0.2, 0.25) is 0 Å². The van der Waals surface area contributed by atoms with E-state index in [0.717, 1.165) is 26.2 Å². The first kappa shape index (κ1) is 16.0. The van der Waals surface area contributed by atoms with Crippen molar-refractivity contribution in [1.29, 1.82) is 0 Å². The van der Waals surface area contributed by atoms with Crippen LogP contribution < -0.4 is 10.2 Å². The van der Waals surface area contributed by atoms with Crippen molar-refractivity contribution in [3.05, 3.63) is 30.3 Å². The van der Waals surface area contributed by atoms with Crippen LogP contribution >= 0.6 is 0 Å². The molecule has 0 aliphatic rings. The van der Waals surface area contributed by atoms with Crippen LogP contribution in [0.3, 0.4) is 0 Å². The van der Waals surface area contributed by atoms with E-state index in [1.54, 1.807) is 0 Å². The van der Waals surface area contributed by atoms with Gasteiger partial charge in [-0.2, -0.15) is 0 Å². The van der Waals surface area contributed by atoms with Gasteiger partial charge in [-0.1, -0.05) is 52.3 Å². The molecule has 0 heterocycles. The van der Waals surface area contributed by atoms with E-state index >= 15 is 0 Å². The van der Waals surface area contributed by atoms with Crippen molar-refractivity contribution in [3.8, 4) is 0 Å². The summed E-state index contributed by atoms with van der Waals surface area (Å²) in [6.45, 7) is 13.5. The molecule has 1 N–H and O–H groups in total. The van der Waals surface area contributed by atoms with Crippen molar-refractivity contribution in [2.45, 2.75) is 40.5 Å². The van der Waals surface area contributed by atoms with Crippen LogP contribution in [0.2, 0.25) is 0 Å². The van der Waals surface area contributed by atoms with Gasteiger partial charge in [-0.25, -0.2) is 0 Å². The normalized spacial score (nSPS) is 11.6. The van der Waals surface area contributed by atoms with Gasteiger partial charge in [-0.3, -0.25) is 0 Å². The molecule has 2 nitrogen and oxygen atoms in total. The summed E-state index contributed by atoms with van der Waals surface area (Å²) in [5.74, 6) is 0. The Bertz CT molecular complexity index is 332. The van der Waals surface area contributed by atoms with E-state index in [9.17, 15) is 0 Å². The highest BCUT2D eigenvalue weighted by molar-refractivity contribution is 5.46. The van der Waals surface area contributed by atoms with Gasteiger partial charge < -0.3 is 10.2 Å². The second kappa shape index (κ2) is 8.21. The number of nitrogens with one attached hydrogen (secondary N) is 1. The van der Waals surface area contributed by atoms with E-state index in [0.29, 0.717) is 5.41 Å². The maximum atomic E-state index is 3.47. The SMILES string of the molecule is CCCCN(CC(C)(C)CNCC)c1ccccc1. The third kappa shape index (κ3) is 6.11. The van der Waals surface area contributed by atoms with Crippen molar-refractivity contribution in [3.63, 3.8) is 0 Å². The van der Waals surface area contributed by atoms with Gasteiger partial charge in [0.05, 0.1) is 0 Å². The Kier molecular flexibility index (Phi) is 6.93. The van der Waals surface area contributed by atoms with Crippen LogP contribution in [-0.2, 0) is 0 Å². The van der Waals surface area contributed by atoms with Gasteiger partial charge in [0.1, 0.15) is 0 Å². The van der Waals surface area contributed by atoms with Gasteiger partial charge in [-0.05, 0) is 30.5 Å². The van der Waals surface area contributed by atoms with E-state index in [2.05, 4.69) is 68.2 Å². The second-order valence-corrected chi connectivity index (χ2v) is 6.06. The first-order valence-corrected chi connectivity index (χ1v) is 7.60. The minimum absolute atomic E-state index is 0.291. The second-order valence-electron chi connectivity index (χ2n) is 6.06. The molecule has 0 fully saturated rings. The molecular weight excluding hydrogens is 232 g/mol. The van der Waals surface area contributed by atoms with Crippen LogP contribution in [0, 0.1) is 5.41 Å². The molecule has 0 saturated carbocycles. The van der Waals surface area contributed by atoms with E-state index in [1.807, 2.05) is 0 Å². The number of hydrogen-bond donors (Lipinski definition) is 1. The zero-order valence-electron chi connectivity index (χ0n) is 13.1. The van der Waals surface area contributed by atoms with E-state index in [4.69, 9.17) is 0 Å². The molecule has 0 bridgehead atoms. The molecule has 19 heavy (non-hydrogen) atoms. The number of hydrogen-bond acceptors (Lipinski definition) is 2. The fourth-order valence-electron chi connectivity index (χ4n) is 2.32. The monoisotopic (exact) mass is 262 g/mol. The predicted molar refractivity (Wildman–Crippen MR) is 85.9 cm³/mol. The van der Waals surface area contributed by atoms with Crippen LogP contribution in [0.5, 0.6) is 0 Å². The maximum absolute atomic E-state index is 3.47. The summed E-state index contributed by atoms with van der Waals surface area (Å²) >= 11 is 0. The van der Waals surface area contributed by atoms with Gasteiger partial charge in [0.25, 0.3) is 0 Å². The Morgan fingerprint density at radius 2 is 1.79 bits per heavy atom. The molecule has 0 unspecified atom stereocenters. The summed E-state index contributed by atoms with van der Waals surface area (Å²) in [4.78, 5) is 2.53. The lowest BCUT2D eigenvalue weighted by Crippen LogP contribution is -2.41. The van der Waals surface area contributed by atoms with Crippen LogP contribution in [0.4, 0.5) is 5.69 Å². The lowest BCUT2D eigenvalue weighted by atomic mass is 9.92. The molecule has 0 saturated heterocycles. The molecule has 108 valence electrons. The number of benzene rings is 1. The zero-order valence-corrected chi connectivity index (χ0v) is 13.1.